The number of aryl methyl sites for hydroxylation is 1. The van der Waals surface area contributed by atoms with Crippen LogP contribution in [0.3, 0.4) is 0 Å². The maximum atomic E-state index is 13.9. The summed E-state index contributed by atoms with van der Waals surface area (Å²) in [6.07, 6.45) is 0.799. The second kappa shape index (κ2) is 12.0. The third-order valence-corrected chi connectivity index (χ3v) is 8.42. The average molecular weight is 565 g/mol. The first-order valence-electron chi connectivity index (χ1n) is 13.6. The van der Waals surface area contributed by atoms with Gasteiger partial charge in [-0.15, -0.1) is 11.8 Å². The summed E-state index contributed by atoms with van der Waals surface area (Å²) in [6.45, 7) is 12.3. The van der Waals surface area contributed by atoms with Crippen LogP contribution in [-0.4, -0.2) is 54.2 Å². The van der Waals surface area contributed by atoms with Gasteiger partial charge < -0.3 is 14.8 Å². The Balaban J connectivity index is 2.05. The number of benzene rings is 2. The minimum Gasteiger partial charge on any atom is -0.497 e. The maximum absolute atomic E-state index is 13.9. The predicted octanol–water partition coefficient (Wildman–Crippen LogP) is 5.58. The Hall–Kier alpha value is -3.46. The van der Waals surface area contributed by atoms with E-state index in [2.05, 4.69) is 26.1 Å². The Morgan fingerprint density at radius 2 is 1.90 bits per heavy atom. The highest BCUT2D eigenvalue weighted by atomic mass is 32.2. The maximum Gasteiger partial charge on any atom is 0.240 e. The van der Waals surface area contributed by atoms with Gasteiger partial charge in [0.05, 0.1) is 36.6 Å². The van der Waals surface area contributed by atoms with Crippen molar-refractivity contribution in [1.82, 2.24) is 15.1 Å². The molecular formula is C31H40N4O4S. The molecule has 0 aliphatic carbocycles. The van der Waals surface area contributed by atoms with Crippen molar-refractivity contribution in [2.75, 3.05) is 31.4 Å². The van der Waals surface area contributed by atoms with Crippen molar-refractivity contribution in [2.24, 2.45) is 0 Å². The zero-order chi connectivity index (χ0) is 29.2. The minimum absolute atomic E-state index is 0.00336. The van der Waals surface area contributed by atoms with E-state index in [4.69, 9.17) is 14.6 Å². The van der Waals surface area contributed by atoms with Gasteiger partial charge in [-0.3, -0.25) is 14.5 Å². The van der Waals surface area contributed by atoms with E-state index in [9.17, 15) is 9.59 Å². The summed E-state index contributed by atoms with van der Waals surface area (Å²) in [4.78, 5) is 28.7. The monoisotopic (exact) mass is 564 g/mol. The van der Waals surface area contributed by atoms with Gasteiger partial charge in [0.1, 0.15) is 23.9 Å². The number of methoxy groups -OCH3 is 2. The summed E-state index contributed by atoms with van der Waals surface area (Å²) >= 11 is 1.52. The summed E-state index contributed by atoms with van der Waals surface area (Å²) in [6, 6.07) is 13.7. The van der Waals surface area contributed by atoms with E-state index >= 15 is 0 Å². The van der Waals surface area contributed by atoms with Crippen molar-refractivity contribution in [1.29, 1.82) is 0 Å². The molecule has 2 amide bonds. The molecule has 0 spiro atoms. The largest absolute Gasteiger partial charge is 0.497 e. The first kappa shape index (κ1) is 29.5. The van der Waals surface area contributed by atoms with Crippen LogP contribution in [0, 0.1) is 6.92 Å². The number of hydrogen-bond donors (Lipinski definition) is 1. The lowest BCUT2D eigenvalue weighted by atomic mass is 9.87. The van der Waals surface area contributed by atoms with Crippen LogP contribution >= 0.6 is 11.8 Å². The lowest BCUT2D eigenvalue weighted by Gasteiger charge is -2.26. The van der Waals surface area contributed by atoms with Gasteiger partial charge in [-0.05, 0) is 50.1 Å². The second-order valence-corrected chi connectivity index (χ2v) is 12.3. The molecule has 0 saturated carbocycles. The number of amides is 2. The van der Waals surface area contributed by atoms with E-state index in [1.54, 1.807) is 19.1 Å². The molecule has 3 aromatic rings. The van der Waals surface area contributed by atoms with Crippen LogP contribution in [0.1, 0.15) is 68.7 Å². The smallest absolute Gasteiger partial charge is 0.240 e. The number of aromatic nitrogens is 2. The number of nitrogens with zero attached hydrogens (tertiary/aromatic N) is 3. The van der Waals surface area contributed by atoms with E-state index < -0.39 is 0 Å². The number of fused-ring (bicyclic) bond motifs is 1. The van der Waals surface area contributed by atoms with Gasteiger partial charge in [0, 0.05) is 22.6 Å². The van der Waals surface area contributed by atoms with Crippen LogP contribution in [0.4, 0.5) is 5.82 Å². The molecule has 2 atom stereocenters. The first-order valence-corrected chi connectivity index (χ1v) is 14.7. The summed E-state index contributed by atoms with van der Waals surface area (Å²) < 4.78 is 13.2. The van der Waals surface area contributed by atoms with Gasteiger partial charge in [-0.25, -0.2) is 4.68 Å². The van der Waals surface area contributed by atoms with Crippen LogP contribution in [0.25, 0.3) is 5.69 Å². The van der Waals surface area contributed by atoms with Crippen LogP contribution in [0.15, 0.2) is 42.5 Å². The highest BCUT2D eigenvalue weighted by Crippen LogP contribution is 2.51. The van der Waals surface area contributed by atoms with Crippen LogP contribution < -0.4 is 19.7 Å². The number of rotatable bonds is 8. The molecule has 1 N–H and O–H groups in total. The number of para-hydroxylation sites is 1. The Kier molecular flexibility index (Phi) is 8.83. The van der Waals surface area contributed by atoms with Gasteiger partial charge in [-0.2, -0.15) is 5.10 Å². The van der Waals surface area contributed by atoms with E-state index in [0.717, 1.165) is 34.5 Å². The second-order valence-electron chi connectivity index (χ2n) is 11.2. The van der Waals surface area contributed by atoms with Crippen LogP contribution in [0.2, 0.25) is 0 Å². The van der Waals surface area contributed by atoms with Crippen molar-refractivity contribution in [3.05, 3.63) is 64.8 Å². The molecule has 2 heterocycles. The van der Waals surface area contributed by atoms with Gasteiger partial charge >= 0.3 is 0 Å². The van der Waals surface area contributed by atoms with Crippen molar-refractivity contribution in [2.45, 2.75) is 64.7 Å². The molecule has 0 saturated heterocycles. The molecule has 0 fully saturated rings. The summed E-state index contributed by atoms with van der Waals surface area (Å²) in [5, 5.41) is 7.92. The molecule has 4 rings (SSSR count). The Labute approximate surface area is 241 Å². The Bertz CT molecular complexity index is 1390. The SMILES string of the molecule is CC[C@@H](C)NC(=O)CN1C(=O)CS[C@@H](c2cc(OC)ccc2OC)c2c(C(C)(C)C)nn(-c3ccccc3C)c21. The van der Waals surface area contributed by atoms with Gasteiger partial charge in [0.2, 0.25) is 11.8 Å². The molecule has 1 aromatic heterocycles. The van der Waals surface area contributed by atoms with Crippen molar-refractivity contribution in [3.63, 3.8) is 0 Å². The summed E-state index contributed by atoms with van der Waals surface area (Å²) in [5.41, 5.74) is 4.15. The number of hydrogen-bond acceptors (Lipinski definition) is 6. The fourth-order valence-corrected chi connectivity index (χ4v) is 6.11. The number of nitrogens with one attached hydrogen (secondary N) is 1. The van der Waals surface area contributed by atoms with Gasteiger partial charge in [-0.1, -0.05) is 45.9 Å². The standard InChI is InChI=1S/C31H40N4O4S/c1-9-20(3)32-25(36)17-34-26(37)18-40-28(22-16-21(38-7)14-15-24(22)39-8)27-29(31(4,5)6)33-35(30(27)34)23-13-11-10-12-19(23)2/h10-16,20,28H,9,17-18H2,1-8H3,(H,32,36)/t20-,28+/m1/s1. The third kappa shape index (κ3) is 5.84. The number of carbonyl (C=O) groups excluding carboxylic acids is 2. The highest BCUT2D eigenvalue weighted by Gasteiger charge is 2.41. The molecule has 1 aliphatic heterocycles. The first-order chi connectivity index (χ1) is 19.0. The van der Waals surface area contributed by atoms with Crippen molar-refractivity contribution in [3.8, 4) is 17.2 Å². The number of thioether (sulfide) groups is 1. The molecule has 40 heavy (non-hydrogen) atoms. The highest BCUT2D eigenvalue weighted by molar-refractivity contribution is 8.00. The Morgan fingerprint density at radius 3 is 2.52 bits per heavy atom. The average Bonchev–Trinajstić information content (AvgIpc) is 3.26. The topological polar surface area (TPSA) is 85.7 Å². The number of carbonyl (C=O) groups is 2. The van der Waals surface area contributed by atoms with Crippen LogP contribution in [0.5, 0.6) is 11.5 Å². The fraction of sp³-hybridized carbons (Fsp3) is 0.452. The minimum atomic E-state index is -0.360. The normalized spacial score (nSPS) is 16.2. The molecule has 2 aromatic carbocycles. The summed E-state index contributed by atoms with van der Waals surface area (Å²) in [5.74, 6) is 1.85. The molecule has 9 heteroatoms. The van der Waals surface area contributed by atoms with Gasteiger partial charge in [0.25, 0.3) is 0 Å². The molecule has 0 unspecified atom stereocenters. The van der Waals surface area contributed by atoms with Crippen molar-refractivity contribution >= 4 is 29.4 Å². The fourth-order valence-electron chi connectivity index (χ4n) is 4.90. The van der Waals surface area contributed by atoms with Gasteiger partial charge in [0.15, 0.2) is 0 Å². The molecule has 0 radical (unpaired) electrons. The van der Waals surface area contributed by atoms with E-state index in [0.29, 0.717) is 17.3 Å². The molecule has 0 bridgehead atoms. The molecule has 1 aliphatic rings. The van der Waals surface area contributed by atoms with E-state index in [1.807, 2.05) is 67.9 Å². The quantitative estimate of drug-likeness (QED) is 0.385. The molecule has 8 nitrogen and oxygen atoms in total. The van der Waals surface area contributed by atoms with Crippen molar-refractivity contribution < 1.29 is 19.1 Å². The lowest BCUT2D eigenvalue weighted by molar-refractivity contribution is -0.123. The molecule has 214 valence electrons. The molecular weight excluding hydrogens is 524 g/mol. The van der Waals surface area contributed by atoms with E-state index in [1.165, 1.54) is 11.8 Å². The van der Waals surface area contributed by atoms with Crippen LogP contribution in [-0.2, 0) is 15.0 Å². The number of ether oxygens (including phenoxy) is 2. The zero-order valence-corrected chi connectivity index (χ0v) is 25.5. The lowest BCUT2D eigenvalue weighted by Crippen LogP contribution is -2.44. The van der Waals surface area contributed by atoms with E-state index in [-0.39, 0.29) is 40.8 Å². The zero-order valence-electron chi connectivity index (χ0n) is 24.7. The summed E-state index contributed by atoms with van der Waals surface area (Å²) in [7, 11) is 3.28. The third-order valence-electron chi connectivity index (χ3n) is 7.18. The Morgan fingerprint density at radius 1 is 1.18 bits per heavy atom. The number of anilines is 1. The predicted molar refractivity (Wildman–Crippen MR) is 161 cm³/mol.